The van der Waals surface area contributed by atoms with Gasteiger partial charge in [-0.05, 0) is 25.5 Å². The van der Waals surface area contributed by atoms with E-state index in [9.17, 15) is 4.79 Å². The summed E-state index contributed by atoms with van der Waals surface area (Å²) in [6.45, 7) is 5.04. The molecule has 6 nitrogen and oxygen atoms in total. The number of hydrogen-bond acceptors (Lipinski definition) is 5. The van der Waals surface area contributed by atoms with E-state index in [4.69, 9.17) is 14.6 Å². The molecule has 22 heavy (non-hydrogen) atoms. The van der Waals surface area contributed by atoms with Crippen molar-refractivity contribution in [2.75, 3.05) is 39.5 Å². The van der Waals surface area contributed by atoms with Crippen LogP contribution in [0.25, 0.3) is 0 Å². The number of hydrogen-bond donors (Lipinski definition) is 2. The molecule has 2 N–H and O–H groups in total. The van der Waals surface area contributed by atoms with Crippen LogP contribution in [-0.2, 0) is 4.79 Å². The van der Waals surface area contributed by atoms with E-state index >= 15 is 0 Å². The maximum Gasteiger partial charge on any atom is 0.237 e. The fraction of sp³-hybridized carbons (Fsp3) is 0.562. The van der Waals surface area contributed by atoms with Gasteiger partial charge >= 0.3 is 0 Å². The van der Waals surface area contributed by atoms with Crippen LogP contribution in [0.3, 0.4) is 0 Å². The molecule has 1 aromatic carbocycles. The van der Waals surface area contributed by atoms with Crippen LogP contribution in [-0.4, -0.2) is 61.4 Å². The Balaban J connectivity index is 1.88. The summed E-state index contributed by atoms with van der Waals surface area (Å²) in [7, 11) is 0. The minimum absolute atomic E-state index is 0.00260. The van der Waals surface area contributed by atoms with Crippen molar-refractivity contribution in [2.45, 2.75) is 19.4 Å². The number of nitrogens with one attached hydrogen (secondary N) is 1. The van der Waals surface area contributed by atoms with Crippen molar-refractivity contribution in [3.05, 3.63) is 24.3 Å². The fourth-order valence-electron chi connectivity index (χ4n) is 2.58. The predicted molar refractivity (Wildman–Crippen MR) is 83.2 cm³/mol. The molecular weight excluding hydrogens is 284 g/mol. The van der Waals surface area contributed by atoms with Gasteiger partial charge in [-0.3, -0.25) is 9.69 Å². The average molecular weight is 308 g/mol. The highest BCUT2D eigenvalue weighted by Crippen LogP contribution is 2.26. The van der Waals surface area contributed by atoms with Crippen LogP contribution in [0.1, 0.15) is 13.3 Å². The molecule has 0 aromatic heterocycles. The summed E-state index contributed by atoms with van der Waals surface area (Å²) in [6.07, 6.45) is 0.446. The van der Waals surface area contributed by atoms with E-state index in [2.05, 4.69) is 10.2 Å². The summed E-state index contributed by atoms with van der Waals surface area (Å²) in [5, 5.41) is 11.9. The Labute approximate surface area is 131 Å². The molecule has 1 fully saturated rings. The Morgan fingerprint density at radius 1 is 1.32 bits per heavy atom. The molecule has 1 amide bonds. The summed E-state index contributed by atoms with van der Waals surface area (Å²) in [5.41, 5.74) is 0. The van der Waals surface area contributed by atoms with Gasteiger partial charge in [-0.15, -0.1) is 0 Å². The largest absolute Gasteiger partial charge is 0.490 e. The molecule has 1 saturated heterocycles. The second-order valence-corrected chi connectivity index (χ2v) is 5.08. The summed E-state index contributed by atoms with van der Waals surface area (Å²) >= 11 is 0. The zero-order valence-corrected chi connectivity index (χ0v) is 13.0. The molecule has 0 aliphatic carbocycles. The number of aliphatic hydroxyl groups is 1. The second kappa shape index (κ2) is 8.60. The van der Waals surface area contributed by atoms with Gasteiger partial charge < -0.3 is 19.9 Å². The molecule has 0 unspecified atom stereocenters. The van der Waals surface area contributed by atoms with Crippen molar-refractivity contribution in [3.63, 3.8) is 0 Å². The van der Waals surface area contributed by atoms with Gasteiger partial charge in [0.05, 0.1) is 12.6 Å². The molecule has 1 aromatic rings. The SMILES string of the molecule is CCOc1ccccc1OCCN1CCNC(=O)[C@@H]1CCO. The Hall–Kier alpha value is -1.79. The maximum atomic E-state index is 11.8. The van der Waals surface area contributed by atoms with Crippen LogP contribution in [0.5, 0.6) is 11.5 Å². The summed E-state index contributed by atoms with van der Waals surface area (Å²) < 4.78 is 11.3. The molecule has 1 aliphatic heterocycles. The van der Waals surface area contributed by atoms with E-state index in [0.29, 0.717) is 38.5 Å². The van der Waals surface area contributed by atoms with Gasteiger partial charge in [0.2, 0.25) is 5.91 Å². The first kappa shape index (κ1) is 16.6. The van der Waals surface area contributed by atoms with E-state index in [1.807, 2.05) is 31.2 Å². The van der Waals surface area contributed by atoms with Crippen molar-refractivity contribution in [3.8, 4) is 11.5 Å². The molecule has 2 rings (SSSR count). The zero-order valence-electron chi connectivity index (χ0n) is 13.0. The van der Waals surface area contributed by atoms with E-state index < -0.39 is 0 Å². The molecule has 6 heteroatoms. The van der Waals surface area contributed by atoms with Crippen molar-refractivity contribution >= 4 is 5.91 Å². The Morgan fingerprint density at radius 2 is 2.05 bits per heavy atom. The van der Waals surface area contributed by atoms with Gasteiger partial charge in [-0.25, -0.2) is 0 Å². The average Bonchev–Trinajstić information content (AvgIpc) is 2.52. The Bertz CT molecular complexity index is 481. The number of nitrogens with zero attached hydrogens (tertiary/aromatic N) is 1. The summed E-state index contributed by atoms with van der Waals surface area (Å²) in [6, 6.07) is 7.29. The van der Waals surface area contributed by atoms with E-state index in [-0.39, 0.29) is 18.6 Å². The molecule has 0 radical (unpaired) electrons. The standard InChI is InChI=1S/C16H24N2O4/c1-2-21-14-5-3-4-6-15(14)22-12-10-18-9-8-17-16(20)13(18)7-11-19/h3-6,13,19H,2,7-12H2,1H3,(H,17,20)/t13-/m0/s1. The van der Waals surface area contributed by atoms with Crippen molar-refractivity contribution in [2.24, 2.45) is 0 Å². The number of rotatable bonds is 8. The molecule has 1 heterocycles. The number of carbonyl (C=O) groups is 1. The molecule has 1 atom stereocenters. The quantitative estimate of drug-likeness (QED) is 0.738. The lowest BCUT2D eigenvalue weighted by molar-refractivity contribution is -0.129. The first-order valence-electron chi connectivity index (χ1n) is 7.73. The zero-order chi connectivity index (χ0) is 15.8. The fourth-order valence-corrected chi connectivity index (χ4v) is 2.58. The van der Waals surface area contributed by atoms with Gasteiger partial charge in [0.25, 0.3) is 0 Å². The van der Waals surface area contributed by atoms with E-state index in [1.165, 1.54) is 0 Å². The molecular formula is C16H24N2O4. The second-order valence-electron chi connectivity index (χ2n) is 5.08. The van der Waals surface area contributed by atoms with E-state index in [1.54, 1.807) is 0 Å². The number of aliphatic hydroxyl groups excluding tert-OH is 1. The third kappa shape index (κ3) is 4.35. The number of benzene rings is 1. The minimum atomic E-state index is -0.274. The molecule has 0 bridgehead atoms. The van der Waals surface area contributed by atoms with Crippen molar-refractivity contribution in [1.82, 2.24) is 10.2 Å². The topological polar surface area (TPSA) is 71.0 Å². The number of ether oxygens (including phenoxy) is 2. The molecule has 1 aliphatic rings. The Morgan fingerprint density at radius 3 is 2.73 bits per heavy atom. The minimum Gasteiger partial charge on any atom is -0.490 e. The third-order valence-corrected chi connectivity index (χ3v) is 3.63. The first-order valence-corrected chi connectivity index (χ1v) is 7.73. The summed E-state index contributed by atoms with van der Waals surface area (Å²) in [5.74, 6) is 1.42. The first-order chi connectivity index (χ1) is 10.8. The lowest BCUT2D eigenvalue weighted by Gasteiger charge is -2.34. The number of piperazine rings is 1. The number of carbonyl (C=O) groups excluding carboxylic acids is 1. The van der Waals surface area contributed by atoms with Crippen LogP contribution in [0.4, 0.5) is 0 Å². The lowest BCUT2D eigenvalue weighted by Crippen LogP contribution is -2.56. The van der Waals surface area contributed by atoms with Gasteiger partial charge in [0.1, 0.15) is 6.61 Å². The molecule has 0 saturated carbocycles. The predicted octanol–water partition coefficient (Wildman–Crippen LogP) is 0.647. The highest BCUT2D eigenvalue weighted by Gasteiger charge is 2.28. The van der Waals surface area contributed by atoms with Crippen molar-refractivity contribution in [1.29, 1.82) is 0 Å². The lowest BCUT2D eigenvalue weighted by atomic mass is 10.1. The number of para-hydroxylation sites is 2. The summed E-state index contributed by atoms with van der Waals surface area (Å²) in [4.78, 5) is 13.9. The van der Waals surface area contributed by atoms with Gasteiger partial charge in [0, 0.05) is 26.2 Å². The number of amides is 1. The van der Waals surface area contributed by atoms with Gasteiger partial charge in [-0.2, -0.15) is 0 Å². The van der Waals surface area contributed by atoms with Crippen LogP contribution in [0.15, 0.2) is 24.3 Å². The van der Waals surface area contributed by atoms with Crippen LogP contribution < -0.4 is 14.8 Å². The molecule has 0 spiro atoms. The third-order valence-electron chi connectivity index (χ3n) is 3.63. The highest BCUT2D eigenvalue weighted by molar-refractivity contribution is 5.82. The monoisotopic (exact) mass is 308 g/mol. The normalized spacial score (nSPS) is 18.8. The van der Waals surface area contributed by atoms with Gasteiger partial charge in [0.15, 0.2) is 11.5 Å². The highest BCUT2D eigenvalue weighted by atomic mass is 16.5. The van der Waals surface area contributed by atoms with Crippen molar-refractivity contribution < 1.29 is 19.4 Å². The van der Waals surface area contributed by atoms with Crippen LogP contribution in [0.2, 0.25) is 0 Å². The molecule has 122 valence electrons. The van der Waals surface area contributed by atoms with Crippen LogP contribution >= 0.6 is 0 Å². The Kier molecular flexibility index (Phi) is 6.48. The van der Waals surface area contributed by atoms with E-state index in [0.717, 1.165) is 12.3 Å². The van der Waals surface area contributed by atoms with Crippen LogP contribution in [0, 0.1) is 0 Å². The van der Waals surface area contributed by atoms with Gasteiger partial charge in [-0.1, -0.05) is 12.1 Å². The maximum absolute atomic E-state index is 11.8. The smallest absolute Gasteiger partial charge is 0.237 e.